The van der Waals surface area contributed by atoms with E-state index < -0.39 is 21.4 Å². The van der Waals surface area contributed by atoms with E-state index in [9.17, 15) is 12.8 Å². The summed E-state index contributed by atoms with van der Waals surface area (Å²) >= 11 is 0. The molecule has 0 fully saturated rings. The molecule has 0 unspecified atom stereocenters. The van der Waals surface area contributed by atoms with Gasteiger partial charge in [-0.2, -0.15) is 0 Å². The van der Waals surface area contributed by atoms with Crippen LogP contribution in [-0.4, -0.2) is 20.5 Å². The lowest BCUT2D eigenvalue weighted by Gasteiger charge is -2.24. The fourth-order valence-corrected chi connectivity index (χ4v) is 3.14. The number of sulfonamides is 1. The van der Waals surface area contributed by atoms with Crippen molar-refractivity contribution < 1.29 is 12.8 Å². The van der Waals surface area contributed by atoms with Crippen LogP contribution in [0.2, 0.25) is 0 Å². The molecule has 20 heavy (non-hydrogen) atoms. The quantitative estimate of drug-likeness (QED) is 0.813. The highest BCUT2D eigenvalue weighted by atomic mass is 32.2. The second-order valence-electron chi connectivity index (χ2n) is 5.38. The second kappa shape index (κ2) is 6.65. The number of nitrogens with one attached hydrogen (secondary N) is 2. The molecule has 0 saturated carbocycles. The summed E-state index contributed by atoms with van der Waals surface area (Å²) in [6.45, 7) is 8.44. The Labute approximate surface area is 120 Å². The van der Waals surface area contributed by atoms with Gasteiger partial charge in [-0.15, -0.1) is 0 Å². The zero-order valence-electron chi connectivity index (χ0n) is 12.5. The highest BCUT2D eigenvalue weighted by Gasteiger charge is 2.25. The van der Waals surface area contributed by atoms with Gasteiger partial charge in [-0.3, -0.25) is 0 Å². The molecule has 2 N–H and O–H groups in total. The summed E-state index contributed by atoms with van der Waals surface area (Å²) < 4.78 is 40.8. The van der Waals surface area contributed by atoms with Crippen LogP contribution in [0.1, 0.15) is 39.7 Å². The molecular weight excluding hydrogens is 279 g/mol. The van der Waals surface area contributed by atoms with E-state index in [2.05, 4.69) is 10.0 Å². The van der Waals surface area contributed by atoms with E-state index >= 15 is 0 Å². The Balaban J connectivity index is 3.07. The van der Waals surface area contributed by atoms with E-state index in [0.717, 1.165) is 0 Å². The second-order valence-corrected chi connectivity index (χ2v) is 7.06. The minimum absolute atomic E-state index is 0.0910. The van der Waals surface area contributed by atoms with Crippen LogP contribution in [0, 0.1) is 5.82 Å². The maximum atomic E-state index is 13.6. The highest BCUT2D eigenvalue weighted by Crippen LogP contribution is 2.18. The van der Waals surface area contributed by atoms with E-state index in [1.54, 1.807) is 0 Å². The fraction of sp³-hybridized carbons (Fsp3) is 0.571. The number of halogens is 1. The van der Waals surface area contributed by atoms with Crippen LogP contribution >= 0.6 is 0 Å². The van der Waals surface area contributed by atoms with Crippen molar-refractivity contribution in [2.45, 2.75) is 51.1 Å². The van der Waals surface area contributed by atoms with Crippen LogP contribution in [0.15, 0.2) is 23.1 Å². The normalized spacial score (nSPS) is 12.7. The summed E-state index contributed by atoms with van der Waals surface area (Å²) in [5.74, 6) is -0.403. The molecule has 1 aromatic carbocycles. The van der Waals surface area contributed by atoms with Crippen molar-refractivity contribution in [3.8, 4) is 0 Å². The smallest absolute Gasteiger partial charge is 0.241 e. The van der Waals surface area contributed by atoms with Crippen molar-refractivity contribution in [2.24, 2.45) is 0 Å². The van der Waals surface area contributed by atoms with E-state index in [-0.39, 0.29) is 4.90 Å². The lowest BCUT2D eigenvalue weighted by atomic mass is 10.0. The van der Waals surface area contributed by atoms with Gasteiger partial charge in [0.15, 0.2) is 0 Å². The average molecular weight is 302 g/mol. The number of benzene rings is 1. The minimum Gasteiger partial charge on any atom is -0.313 e. The van der Waals surface area contributed by atoms with Gasteiger partial charge in [0.25, 0.3) is 0 Å². The van der Waals surface area contributed by atoms with Gasteiger partial charge >= 0.3 is 0 Å². The molecule has 0 spiro atoms. The molecule has 0 saturated heterocycles. The average Bonchev–Trinajstić information content (AvgIpc) is 2.36. The Hall–Kier alpha value is -0.980. The van der Waals surface area contributed by atoms with E-state index in [4.69, 9.17) is 0 Å². The molecule has 4 nitrogen and oxygen atoms in total. The van der Waals surface area contributed by atoms with Gasteiger partial charge in [-0.1, -0.05) is 13.8 Å². The van der Waals surface area contributed by atoms with Crippen LogP contribution < -0.4 is 10.0 Å². The molecule has 6 heteroatoms. The van der Waals surface area contributed by atoms with Crippen molar-refractivity contribution in [3.05, 3.63) is 29.6 Å². The Morgan fingerprint density at radius 2 is 1.90 bits per heavy atom. The summed E-state index contributed by atoms with van der Waals surface area (Å²) in [6.07, 6.45) is 0.664. The summed E-state index contributed by atoms with van der Waals surface area (Å²) in [5.41, 5.74) is -0.182. The summed E-state index contributed by atoms with van der Waals surface area (Å²) in [5, 5.41) is 2.99. The molecule has 0 amide bonds. The van der Waals surface area contributed by atoms with E-state index in [0.29, 0.717) is 25.1 Å². The Kier molecular flexibility index (Phi) is 5.68. The molecule has 114 valence electrons. The number of rotatable bonds is 7. The van der Waals surface area contributed by atoms with Crippen molar-refractivity contribution in [1.82, 2.24) is 10.0 Å². The molecule has 0 aliphatic heterocycles. The summed E-state index contributed by atoms with van der Waals surface area (Å²) in [6, 6.07) is 3.87. The van der Waals surface area contributed by atoms with Crippen LogP contribution in [0.5, 0.6) is 0 Å². The predicted molar refractivity (Wildman–Crippen MR) is 78.5 cm³/mol. The third-order valence-electron chi connectivity index (χ3n) is 3.19. The van der Waals surface area contributed by atoms with Gasteiger partial charge in [0, 0.05) is 17.6 Å². The summed E-state index contributed by atoms with van der Waals surface area (Å²) in [4.78, 5) is 0.0910. The van der Waals surface area contributed by atoms with Gasteiger partial charge in [0.05, 0.1) is 4.90 Å². The van der Waals surface area contributed by atoms with Crippen LogP contribution in [0.25, 0.3) is 0 Å². The first-order valence-corrected chi connectivity index (χ1v) is 8.23. The first-order chi connectivity index (χ1) is 9.22. The topological polar surface area (TPSA) is 58.2 Å². The van der Waals surface area contributed by atoms with E-state index in [1.807, 2.05) is 27.7 Å². The van der Waals surface area contributed by atoms with Crippen molar-refractivity contribution in [2.75, 3.05) is 6.54 Å². The third kappa shape index (κ3) is 4.54. The summed E-state index contributed by atoms with van der Waals surface area (Å²) in [7, 11) is -3.64. The predicted octanol–water partition coefficient (Wildman–Crippen LogP) is 2.40. The first-order valence-electron chi connectivity index (χ1n) is 6.75. The Morgan fingerprint density at radius 3 is 2.45 bits per heavy atom. The lowest BCUT2D eigenvalue weighted by molar-refractivity contribution is 0.439. The van der Waals surface area contributed by atoms with Crippen molar-refractivity contribution in [3.63, 3.8) is 0 Å². The van der Waals surface area contributed by atoms with Crippen molar-refractivity contribution in [1.29, 1.82) is 0 Å². The van der Waals surface area contributed by atoms with E-state index in [1.165, 1.54) is 18.2 Å². The maximum absolute atomic E-state index is 13.6. The fourth-order valence-electron chi connectivity index (χ4n) is 1.61. The highest BCUT2D eigenvalue weighted by molar-refractivity contribution is 7.89. The zero-order chi connectivity index (χ0) is 15.4. The van der Waals surface area contributed by atoms with Gasteiger partial charge < -0.3 is 5.32 Å². The van der Waals surface area contributed by atoms with Crippen molar-refractivity contribution >= 4 is 10.0 Å². The molecule has 0 heterocycles. The van der Waals surface area contributed by atoms with Gasteiger partial charge in [-0.25, -0.2) is 17.5 Å². The number of hydrogen-bond acceptors (Lipinski definition) is 3. The number of hydrogen-bond donors (Lipinski definition) is 2. The first kappa shape index (κ1) is 17.1. The largest absolute Gasteiger partial charge is 0.313 e. The zero-order valence-corrected chi connectivity index (χ0v) is 13.3. The SMILES string of the molecule is CCNCc1cc(S(=O)(=O)NC(C)(C)CC)ccc1F. The van der Waals surface area contributed by atoms with Crippen LogP contribution in [0.4, 0.5) is 4.39 Å². The van der Waals surface area contributed by atoms with Gasteiger partial charge in [-0.05, 0) is 45.0 Å². The molecule has 0 aliphatic carbocycles. The Bertz CT molecular complexity index is 556. The maximum Gasteiger partial charge on any atom is 0.241 e. The van der Waals surface area contributed by atoms with Gasteiger partial charge in [0.2, 0.25) is 10.0 Å². The molecule has 0 aliphatic rings. The van der Waals surface area contributed by atoms with Crippen LogP contribution in [-0.2, 0) is 16.6 Å². The molecule has 0 atom stereocenters. The molecule has 0 radical (unpaired) electrons. The standard InChI is InChI=1S/C14H23FN2O2S/c1-5-14(3,4)17-20(18,19)12-7-8-13(15)11(9-12)10-16-6-2/h7-9,16-17H,5-6,10H2,1-4H3. The molecular formula is C14H23FN2O2S. The molecule has 1 rings (SSSR count). The third-order valence-corrected chi connectivity index (χ3v) is 4.88. The molecule has 0 aromatic heterocycles. The molecule has 0 bridgehead atoms. The van der Waals surface area contributed by atoms with Gasteiger partial charge in [0.1, 0.15) is 5.82 Å². The molecule has 1 aromatic rings. The minimum atomic E-state index is -3.64. The van der Waals surface area contributed by atoms with Crippen LogP contribution in [0.3, 0.4) is 0 Å². The monoisotopic (exact) mass is 302 g/mol. The Morgan fingerprint density at radius 1 is 1.25 bits per heavy atom. The lowest BCUT2D eigenvalue weighted by Crippen LogP contribution is -2.42.